The van der Waals surface area contributed by atoms with E-state index in [-0.39, 0.29) is 11.3 Å². The van der Waals surface area contributed by atoms with Crippen LogP contribution in [0.1, 0.15) is 52.5 Å². The van der Waals surface area contributed by atoms with E-state index in [9.17, 15) is 4.79 Å². The van der Waals surface area contributed by atoms with Gasteiger partial charge in [-0.2, -0.15) is 5.10 Å². The first-order valence-electron chi connectivity index (χ1n) is 8.61. The normalized spacial score (nSPS) is 22.9. The highest BCUT2D eigenvalue weighted by Gasteiger charge is 2.44. The fourth-order valence-electron chi connectivity index (χ4n) is 4.16. The summed E-state index contributed by atoms with van der Waals surface area (Å²) in [7, 11) is 1.87. The highest BCUT2D eigenvalue weighted by molar-refractivity contribution is 5.92. The molecule has 24 heavy (non-hydrogen) atoms. The monoisotopic (exact) mass is 325 g/mol. The minimum atomic E-state index is 0.000762. The maximum absolute atomic E-state index is 12.9. The molecule has 1 amide bonds. The predicted molar refractivity (Wildman–Crippen MR) is 89.9 cm³/mol. The summed E-state index contributed by atoms with van der Waals surface area (Å²) in [5.74, 6) is 0.857. The zero-order valence-corrected chi connectivity index (χ0v) is 14.5. The lowest BCUT2D eigenvalue weighted by Gasteiger charge is -2.40. The highest BCUT2D eigenvalue weighted by atomic mass is 16.2. The summed E-state index contributed by atoms with van der Waals surface area (Å²) in [4.78, 5) is 24.0. The molecule has 2 aromatic rings. The maximum Gasteiger partial charge on any atom is 0.274 e. The molecule has 1 saturated heterocycles. The van der Waals surface area contributed by atoms with Crippen LogP contribution < -0.4 is 0 Å². The number of carbonyl (C=O) groups excluding carboxylic acids is 1. The molecule has 6 nitrogen and oxygen atoms in total. The lowest BCUT2D eigenvalue weighted by Crippen LogP contribution is -2.48. The average Bonchev–Trinajstić information content (AvgIpc) is 3.08. The molecule has 4 rings (SSSR count). The first-order chi connectivity index (χ1) is 11.5. The van der Waals surface area contributed by atoms with Gasteiger partial charge in [0.05, 0.1) is 5.69 Å². The molecule has 1 atom stereocenters. The minimum Gasteiger partial charge on any atom is -0.336 e. The largest absolute Gasteiger partial charge is 0.336 e. The van der Waals surface area contributed by atoms with Crippen LogP contribution in [0.5, 0.6) is 0 Å². The van der Waals surface area contributed by atoms with Crippen molar-refractivity contribution in [3.63, 3.8) is 0 Å². The molecular formula is C18H23N5O. The van der Waals surface area contributed by atoms with Crippen molar-refractivity contribution in [2.45, 2.75) is 44.9 Å². The Kier molecular flexibility index (Phi) is 3.44. The van der Waals surface area contributed by atoms with Crippen molar-refractivity contribution in [2.75, 3.05) is 13.1 Å². The second kappa shape index (κ2) is 5.40. The second-order valence-corrected chi connectivity index (χ2v) is 7.20. The summed E-state index contributed by atoms with van der Waals surface area (Å²) in [6, 6.07) is 1.87. The molecular weight excluding hydrogens is 302 g/mol. The maximum atomic E-state index is 12.9. The van der Waals surface area contributed by atoms with Gasteiger partial charge in [0.2, 0.25) is 0 Å². The molecule has 0 N–H and O–H groups in total. The summed E-state index contributed by atoms with van der Waals surface area (Å²) >= 11 is 0. The Hall–Kier alpha value is -2.24. The van der Waals surface area contributed by atoms with Gasteiger partial charge in [0.1, 0.15) is 5.82 Å². The SMILES string of the molecule is Cc1ncc2c(n1)C1(CCCN(C(=O)c3cc(C)n(C)n3)C1)CC2. The molecule has 2 aliphatic rings. The van der Waals surface area contributed by atoms with Crippen molar-refractivity contribution in [1.29, 1.82) is 0 Å². The van der Waals surface area contributed by atoms with Crippen LogP contribution in [-0.2, 0) is 18.9 Å². The highest BCUT2D eigenvalue weighted by Crippen LogP contribution is 2.44. The van der Waals surface area contributed by atoms with Crippen molar-refractivity contribution in [3.8, 4) is 0 Å². The Bertz CT molecular complexity index is 788. The number of aryl methyl sites for hydroxylation is 4. The summed E-state index contributed by atoms with van der Waals surface area (Å²) in [5, 5.41) is 4.36. The van der Waals surface area contributed by atoms with Crippen molar-refractivity contribution < 1.29 is 4.79 Å². The molecule has 0 saturated carbocycles. The molecule has 1 aliphatic carbocycles. The fraction of sp³-hybridized carbons (Fsp3) is 0.556. The van der Waals surface area contributed by atoms with Crippen LogP contribution >= 0.6 is 0 Å². The number of piperidine rings is 1. The number of rotatable bonds is 1. The smallest absolute Gasteiger partial charge is 0.274 e. The van der Waals surface area contributed by atoms with Crippen molar-refractivity contribution in [3.05, 3.63) is 40.7 Å². The lowest BCUT2D eigenvalue weighted by atomic mass is 9.77. The summed E-state index contributed by atoms with van der Waals surface area (Å²) < 4.78 is 1.76. The first-order valence-corrected chi connectivity index (χ1v) is 8.61. The van der Waals surface area contributed by atoms with Crippen LogP contribution in [0.25, 0.3) is 0 Å². The Morgan fingerprint density at radius 2 is 2.12 bits per heavy atom. The predicted octanol–water partition coefficient (Wildman–Crippen LogP) is 1.95. The van der Waals surface area contributed by atoms with Gasteiger partial charge in [-0.05, 0) is 51.2 Å². The second-order valence-electron chi connectivity index (χ2n) is 7.20. The molecule has 0 radical (unpaired) electrons. The lowest BCUT2D eigenvalue weighted by molar-refractivity contribution is 0.0626. The standard InChI is InChI=1S/C18H23N5O/c1-12-9-15(21-22(12)3)17(24)23-8-4-6-18(11-23)7-5-14-10-19-13(2)20-16(14)18/h9-10H,4-8,11H2,1-3H3. The van der Waals surface area contributed by atoms with Gasteiger partial charge in [-0.25, -0.2) is 9.97 Å². The van der Waals surface area contributed by atoms with E-state index < -0.39 is 0 Å². The van der Waals surface area contributed by atoms with Gasteiger partial charge in [-0.3, -0.25) is 9.48 Å². The zero-order valence-electron chi connectivity index (χ0n) is 14.5. The van der Waals surface area contributed by atoms with Gasteiger partial charge in [0.15, 0.2) is 5.69 Å². The van der Waals surface area contributed by atoms with E-state index in [0.29, 0.717) is 5.69 Å². The number of carbonyl (C=O) groups is 1. The third-order valence-electron chi connectivity index (χ3n) is 5.56. The van der Waals surface area contributed by atoms with Gasteiger partial charge in [-0.15, -0.1) is 0 Å². The third-order valence-corrected chi connectivity index (χ3v) is 5.56. The fourth-order valence-corrected chi connectivity index (χ4v) is 4.16. The topological polar surface area (TPSA) is 63.9 Å². The van der Waals surface area contributed by atoms with E-state index in [2.05, 4.69) is 10.1 Å². The summed E-state index contributed by atoms with van der Waals surface area (Å²) in [6.45, 7) is 5.45. The van der Waals surface area contributed by atoms with Crippen LogP contribution in [0.15, 0.2) is 12.3 Å². The molecule has 0 aromatic carbocycles. The van der Waals surface area contributed by atoms with Crippen LogP contribution in [-0.4, -0.2) is 43.6 Å². The Morgan fingerprint density at radius 3 is 2.88 bits per heavy atom. The molecule has 1 spiro atoms. The molecule has 126 valence electrons. The minimum absolute atomic E-state index is 0.000762. The van der Waals surface area contributed by atoms with E-state index in [4.69, 9.17) is 4.98 Å². The first kappa shape index (κ1) is 15.3. The van der Waals surface area contributed by atoms with Crippen molar-refractivity contribution in [2.24, 2.45) is 7.05 Å². The number of hydrogen-bond acceptors (Lipinski definition) is 4. The number of amides is 1. The van der Waals surface area contributed by atoms with E-state index in [1.54, 1.807) is 4.68 Å². The number of hydrogen-bond donors (Lipinski definition) is 0. The Morgan fingerprint density at radius 1 is 1.29 bits per heavy atom. The zero-order chi connectivity index (χ0) is 16.9. The van der Waals surface area contributed by atoms with Gasteiger partial charge < -0.3 is 4.90 Å². The van der Waals surface area contributed by atoms with E-state index in [0.717, 1.165) is 50.3 Å². The van der Waals surface area contributed by atoms with Crippen LogP contribution in [0.4, 0.5) is 0 Å². The molecule has 1 fully saturated rings. The van der Waals surface area contributed by atoms with Gasteiger partial charge >= 0.3 is 0 Å². The number of likely N-dealkylation sites (tertiary alicyclic amines) is 1. The summed E-state index contributed by atoms with van der Waals surface area (Å²) in [6.07, 6.45) is 6.16. The molecule has 1 aliphatic heterocycles. The quantitative estimate of drug-likeness (QED) is 0.804. The van der Waals surface area contributed by atoms with Gasteiger partial charge in [-0.1, -0.05) is 0 Å². The molecule has 6 heteroatoms. The van der Waals surface area contributed by atoms with Crippen LogP contribution in [0.3, 0.4) is 0 Å². The van der Waals surface area contributed by atoms with E-state index >= 15 is 0 Å². The Labute approximate surface area is 141 Å². The van der Waals surface area contributed by atoms with Gasteiger partial charge in [0, 0.05) is 37.4 Å². The molecule has 0 bridgehead atoms. The number of fused-ring (bicyclic) bond motifs is 2. The van der Waals surface area contributed by atoms with Gasteiger partial charge in [0.25, 0.3) is 5.91 Å². The average molecular weight is 325 g/mol. The number of nitrogens with zero attached hydrogens (tertiary/aromatic N) is 5. The van der Waals surface area contributed by atoms with Crippen molar-refractivity contribution >= 4 is 5.91 Å². The van der Waals surface area contributed by atoms with E-state index in [1.165, 1.54) is 11.3 Å². The molecule has 1 unspecified atom stereocenters. The van der Waals surface area contributed by atoms with Crippen molar-refractivity contribution in [1.82, 2.24) is 24.6 Å². The van der Waals surface area contributed by atoms with E-state index in [1.807, 2.05) is 38.1 Å². The number of aromatic nitrogens is 4. The van der Waals surface area contributed by atoms with Crippen LogP contribution in [0.2, 0.25) is 0 Å². The third kappa shape index (κ3) is 2.32. The molecule has 2 aromatic heterocycles. The molecule has 3 heterocycles. The Balaban J connectivity index is 1.63. The summed E-state index contributed by atoms with van der Waals surface area (Å²) in [5.41, 5.74) is 3.97. The van der Waals surface area contributed by atoms with Crippen LogP contribution in [0, 0.1) is 13.8 Å².